The van der Waals surface area contributed by atoms with Crippen LogP contribution in [0, 0.1) is 11.7 Å². The Morgan fingerprint density at radius 3 is 2.74 bits per heavy atom. The van der Waals surface area contributed by atoms with Gasteiger partial charge in [0.1, 0.15) is 17.2 Å². The third-order valence-corrected chi connectivity index (χ3v) is 6.77. The second-order valence-electron chi connectivity index (χ2n) is 8.24. The molecule has 1 fully saturated rings. The molecule has 1 saturated heterocycles. The van der Waals surface area contributed by atoms with Gasteiger partial charge in [-0.25, -0.2) is 9.37 Å². The molecule has 1 aromatic carbocycles. The van der Waals surface area contributed by atoms with Crippen LogP contribution in [0.5, 0.6) is 0 Å². The summed E-state index contributed by atoms with van der Waals surface area (Å²) in [7, 11) is 0. The molecule has 0 saturated carbocycles. The van der Waals surface area contributed by atoms with Crippen molar-refractivity contribution < 1.29 is 9.18 Å². The summed E-state index contributed by atoms with van der Waals surface area (Å²) in [6.45, 7) is 6.07. The molecule has 3 aromatic rings. The Kier molecular flexibility index (Phi) is 6.77. The normalized spacial score (nSPS) is 15.4. The van der Waals surface area contributed by atoms with Gasteiger partial charge in [-0.2, -0.15) is 0 Å². The van der Waals surface area contributed by atoms with E-state index < -0.39 is 0 Å². The number of hydrogen-bond donors (Lipinski definition) is 1. The average Bonchev–Trinajstić information content (AvgIpc) is 3.20. The first kappa shape index (κ1) is 21.6. The maximum Gasteiger partial charge on any atom is 0.263 e. The van der Waals surface area contributed by atoms with E-state index in [0.29, 0.717) is 22.3 Å². The summed E-state index contributed by atoms with van der Waals surface area (Å²) in [6, 6.07) is 6.02. The van der Waals surface area contributed by atoms with E-state index in [4.69, 9.17) is 0 Å². The van der Waals surface area contributed by atoms with Gasteiger partial charge in [-0.15, -0.1) is 11.3 Å². The van der Waals surface area contributed by atoms with E-state index in [1.807, 2.05) is 5.38 Å². The van der Waals surface area contributed by atoms with E-state index in [0.717, 1.165) is 37.5 Å². The largest absolute Gasteiger partial charge is 0.354 e. The van der Waals surface area contributed by atoms with Crippen LogP contribution in [0.2, 0.25) is 0 Å². The maximum absolute atomic E-state index is 13.3. The van der Waals surface area contributed by atoms with Crippen molar-refractivity contribution in [1.82, 2.24) is 19.8 Å². The van der Waals surface area contributed by atoms with Crippen molar-refractivity contribution in [3.05, 3.63) is 52.1 Å². The molecular weight excluding hydrogens is 415 g/mol. The number of benzene rings is 1. The second-order valence-corrected chi connectivity index (χ2v) is 9.10. The zero-order valence-corrected chi connectivity index (χ0v) is 18.5. The Labute approximate surface area is 184 Å². The minimum atomic E-state index is -0.328. The van der Waals surface area contributed by atoms with Gasteiger partial charge in [-0.05, 0) is 62.5 Å². The van der Waals surface area contributed by atoms with Crippen molar-refractivity contribution in [1.29, 1.82) is 0 Å². The zero-order chi connectivity index (χ0) is 21.8. The predicted molar refractivity (Wildman–Crippen MR) is 122 cm³/mol. The monoisotopic (exact) mass is 442 g/mol. The topological polar surface area (TPSA) is 67.2 Å². The van der Waals surface area contributed by atoms with Crippen LogP contribution in [0.25, 0.3) is 21.3 Å². The van der Waals surface area contributed by atoms with Crippen molar-refractivity contribution in [2.45, 2.75) is 32.7 Å². The lowest BCUT2D eigenvalue weighted by molar-refractivity contribution is -0.121. The molecule has 0 atom stereocenters. The minimum absolute atomic E-state index is 0.0678. The summed E-state index contributed by atoms with van der Waals surface area (Å²) in [4.78, 5) is 32.8. The molecule has 0 bridgehead atoms. The maximum atomic E-state index is 13.3. The lowest BCUT2D eigenvalue weighted by Gasteiger charge is -2.30. The first-order valence-electron chi connectivity index (χ1n) is 10.7. The predicted octanol–water partition coefficient (Wildman–Crippen LogP) is 3.50. The van der Waals surface area contributed by atoms with Crippen molar-refractivity contribution in [3.8, 4) is 11.1 Å². The molecule has 4 rings (SSSR count). The van der Waals surface area contributed by atoms with Gasteiger partial charge < -0.3 is 10.2 Å². The van der Waals surface area contributed by atoms with Gasteiger partial charge in [0.25, 0.3) is 5.56 Å². The van der Waals surface area contributed by atoms with Crippen molar-refractivity contribution in [2.75, 3.05) is 26.2 Å². The van der Waals surface area contributed by atoms with Gasteiger partial charge in [0, 0.05) is 17.5 Å². The number of thiophene rings is 1. The number of aromatic nitrogens is 2. The fourth-order valence-electron chi connectivity index (χ4n) is 3.95. The summed E-state index contributed by atoms with van der Waals surface area (Å²) < 4.78 is 14.6. The molecule has 31 heavy (non-hydrogen) atoms. The number of carbonyl (C=O) groups excluding carboxylic acids is 1. The molecule has 1 amide bonds. The highest BCUT2D eigenvalue weighted by Crippen LogP contribution is 2.30. The van der Waals surface area contributed by atoms with Crippen LogP contribution in [-0.2, 0) is 11.3 Å². The van der Waals surface area contributed by atoms with Crippen LogP contribution in [0.3, 0.4) is 0 Å². The molecule has 2 aromatic heterocycles. The minimum Gasteiger partial charge on any atom is -0.354 e. The quantitative estimate of drug-likeness (QED) is 0.569. The Balaban J connectivity index is 1.37. The first-order valence-corrected chi connectivity index (χ1v) is 11.6. The third kappa shape index (κ3) is 5.19. The molecule has 1 aliphatic heterocycles. The summed E-state index contributed by atoms with van der Waals surface area (Å²) in [6.07, 6.45) is 4.80. The van der Waals surface area contributed by atoms with Crippen molar-refractivity contribution in [2.24, 2.45) is 5.92 Å². The molecule has 0 aliphatic carbocycles. The molecule has 164 valence electrons. The lowest BCUT2D eigenvalue weighted by Crippen LogP contribution is -2.36. The number of piperidine rings is 1. The summed E-state index contributed by atoms with van der Waals surface area (Å²) in [5.74, 6) is 0.284. The third-order valence-electron chi connectivity index (χ3n) is 5.88. The van der Waals surface area contributed by atoms with Gasteiger partial charge in [0.2, 0.25) is 5.91 Å². The second kappa shape index (κ2) is 9.70. The van der Waals surface area contributed by atoms with Crippen LogP contribution in [0.4, 0.5) is 4.39 Å². The fraction of sp³-hybridized carbons (Fsp3) is 0.435. The Hall–Kier alpha value is -2.58. The first-order chi connectivity index (χ1) is 15.0. The van der Waals surface area contributed by atoms with E-state index in [9.17, 15) is 14.0 Å². The molecule has 0 radical (unpaired) electrons. The highest BCUT2D eigenvalue weighted by Gasteiger charge is 2.16. The Morgan fingerprint density at radius 2 is 2.00 bits per heavy atom. The number of carbonyl (C=O) groups is 1. The van der Waals surface area contributed by atoms with Gasteiger partial charge >= 0.3 is 0 Å². The Bertz CT molecular complexity index is 1100. The van der Waals surface area contributed by atoms with E-state index in [-0.39, 0.29) is 23.8 Å². The van der Waals surface area contributed by atoms with Gasteiger partial charge in [0.15, 0.2) is 0 Å². The highest BCUT2D eigenvalue weighted by molar-refractivity contribution is 7.17. The number of fused-ring (bicyclic) bond motifs is 1. The number of rotatable bonds is 7. The molecule has 1 aliphatic rings. The number of nitrogens with zero attached hydrogens (tertiary/aromatic N) is 3. The van der Waals surface area contributed by atoms with Crippen molar-refractivity contribution >= 4 is 27.5 Å². The van der Waals surface area contributed by atoms with E-state index in [2.05, 4.69) is 22.1 Å². The smallest absolute Gasteiger partial charge is 0.263 e. The summed E-state index contributed by atoms with van der Waals surface area (Å²) in [5, 5.41) is 5.22. The van der Waals surface area contributed by atoms with Crippen LogP contribution < -0.4 is 10.9 Å². The fourth-order valence-corrected chi connectivity index (χ4v) is 4.86. The standard InChI is InChI=1S/C23H27FN4O2S/c1-16-7-11-27(12-8-16)10-2-9-25-20(29)13-28-15-26-22-21(23(28)30)19(14-31-22)17-3-5-18(24)6-4-17/h3-6,14-16H,2,7-13H2,1H3,(H,25,29). The van der Waals surface area contributed by atoms with Crippen LogP contribution in [0.1, 0.15) is 26.2 Å². The van der Waals surface area contributed by atoms with E-state index in [1.165, 1.54) is 47.2 Å². The lowest BCUT2D eigenvalue weighted by atomic mass is 9.99. The molecule has 6 nitrogen and oxygen atoms in total. The summed E-state index contributed by atoms with van der Waals surface area (Å²) in [5.41, 5.74) is 1.20. The SMILES string of the molecule is CC1CCN(CCCNC(=O)Cn2cnc3scc(-c4ccc(F)cc4)c3c2=O)CC1. The van der Waals surface area contributed by atoms with Gasteiger partial charge in [0.05, 0.1) is 11.7 Å². The molecule has 1 N–H and O–H groups in total. The molecule has 3 heterocycles. The van der Waals surface area contributed by atoms with Gasteiger partial charge in [-0.1, -0.05) is 19.1 Å². The van der Waals surface area contributed by atoms with E-state index in [1.54, 1.807) is 12.1 Å². The summed E-state index contributed by atoms with van der Waals surface area (Å²) >= 11 is 1.36. The number of amides is 1. The number of likely N-dealkylation sites (tertiary alicyclic amines) is 1. The van der Waals surface area contributed by atoms with Crippen LogP contribution >= 0.6 is 11.3 Å². The number of hydrogen-bond acceptors (Lipinski definition) is 5. The molecule has 0 unspecified atom stereocenters. The molecule has 0 spiro atoms. The average molecular weight is 443 g/mol. The van der Waals surface area contributed by atoms with Gasteiger partial charge in [-0.3, -0.25) is 14.2 Å². The molecular formula is C23H27FN4O2S. The zero-order valence-electron chi connectivity index (χ0n) is 17.6. The Morgan fingerprint density at radius 1 is 1.26 bits per heavy atom. The number of halogens is 1. The van der Waals surface area contributed by atoms with Crippen molar-refractivity contribution in [3.63, 3.8) is 0 Å². The van der Waals surface area contributed by atoms with E-state index >= 15 is 0 Å². The van der Waals surface area contributed by atoms with Crippen LogP contribution in [0.15, 0.2) is 40.8 Å². The molecule has 8 heteroatoms. The van der Waals surface area contributed by atoms with Crippen LogP contribution in [-0.4, -0.2) is 46.5 Å². The highest BCUT2D eigenvalue weighted by atomic mass is 32.1. The number of nitrogens with one attached hydrogen (secondary N) is 1.